The lowest BCUT2D eigenvalue weighted by atomic mass is 10.0. The first-order valence-corrected chi connectivity index (χ1v) is 9.02. The fourth-order valence-electron chi connectivity index (χ4n) is 3.25. The molecular weight excluding hydrogens is 371 g/mol. The average molecular weight is 401 g/mol. The highest BCUT2D eigenvalue weighted by atomic mass is 35.5. The number of ether oxygens (including phenoxy) is 2. The summed E-state index contributed by atoms with van der Waals surface area (Å²) in [6.45, 7) is 9.63. The standard InChI is InChI=1S/C20H28N2O2.2ClH/c1-2-24-20-9-8-17-6-3-4-7-18(17)19(20)16-21-10-5-11-22-12-14-23-15-13-22;;/h3-4,6-9,21H,2,5,10-16H2,1H3;2*1H. The molecule has 0 radical (unpaired) electrons. The van der Waals surface area contributed by atoms with Gasteiger partial charge in [-0.1, -0.05) is 30.3 Å². The monoisotopic (exact) mass is 400 g/mol. The number of morpholine rings is 1. The topological polar surface area (TPSA) is 33.7 Å². The fraction of sp³-hybridized carbons (Fsp3) is 0.500. The molecule has 146 valence electrons. The van der Waals surface area contributed by atoms with Crippen LogP contribution in [-0.2, 0) is 11.3 Å². The molecule has 1 aliphatic heterocycles. The SMILES string of the molecule is CCOc1ccc2ccccc2c1CNCCCN1CCOCC1.Cl.Cl. The molecular formula is C20H30Cl2N2O2. The molecule has 0 bridgehead atoms. The van der Waals surface area contributed by atoms with Crippen molar-refractivity contribution >= 4 is 35.6 Å². The zero-order chi connectivity index (χ0) is 16.6. The normalized spacial score (nSPS) is 14.5. The molecule has 0 spiro atoms. The van der Waals surface area contributed by atoms with Crippen molar-refractivity contribution in [2.75, 3.05) is 46.0 Å². The molecule has 0 atom stereocenters. The second kappa shape index (κ2) is 12.4. The molecule has 3 rings (SSSR count). The van der Waals surface area contributed by atoms with Gasteiger partial charge in [-0.15, -0.1) is 24.8 Å². The van der Waals surface area contributed by atoms with E-state index in [1.165, 1.54) is 16.3 Å². The van der Waals surface area contributed by atoms with Gasteiger partial charge in [0.05, 0.1) is 19.8 Å². The zero-order valence-corrected chi connectivity index (χ0v) is 17.0. The number of halogens is 2. The van der Waals surface area contributed by atoms with Crippen LogP contribution in [-0.4, -0.2) is 50.9 Å². The maximum atomic E-state index is 5.84. The first-order valence-electron chi connectivity index (χ1n) is 9.02. The van der Waals surface area contributed by atoms with Crippen LogP contribution >= 0.6 is 24.8 Å². The van der Waals surface area contributed by atoms with Gasteiger partial charge in [-0.3, -0.25) is 4.90 Å². The minimum absolute atomic E-state index is 0. The fourth-order valence-corrected chi connectivity index (χ4v) is 3.25. The predicted octanol–water partition coefficient (Wildman–Crippen LogP) is 3.89. The number of nitrogens with zero attached hydrogens (tertiary/aromatic N) is 1. The smallest absolute Gasteiger partial charge is 0.124 e. The Morgan fingerprint density at radius 1 is 1.08 bits per heavy atom. The lowest BCUT2D eigenvalue weighted by Crippen LogP contribution is -2.37. The number of hydrogen-bond donors (Lipinski definition) is 1. The van der Waals surface area contributed by atoms with Gasteiger partial charge in [0.25, 0.3) is 0 Å². The van der Waals surface area contributed by atoms with Crippen LogP contribution in [0.3, 0.4) is 0 Å². The third kappa shape index (κ3) is 6.29. The quantitative estimate of drug-likeness (QED) is 0.681. The summed E-state index contributed by atoms with van der Waals surface area (Å²) in [6.07, 6.45) is 1.16. The van der Waals surface area contributed by atoms with Crippen LogP contribution in [0.1, 0.15) is 18.9 Å². The first-order chi connectivity index (χ1) is 11.9. The van der Waals surface area contributed by atoms with E-state index in [1.54, 1.807) is 0 Å². The molecule has 2 aromatic rings. The molecule has 0 unspecified atom stereocenters. The number of nitrogens with one attached hydrogen (secondary N) is 1. The number of rotatable bonds is 8. The van der Waals surface area contributed by atoms with Gasteiger partial charge in [-0.2, -0.15) is 0 Å². The van der Waals surface area contributed by atoms with E-state index in [2.05, 4.69) is 46.6 Å². The Morgan fingerprint density at radius 2 is 1.85 bits per heavy atom. The molecule has 1 aliphatic rings. The molecule has 6 heteroatoms. The Balaban J connectivity index is 0.00000169. The Hall–Kier alpha value is -1.04. The maximum Gasteiger partial charge on any atom is 0.124 e. The lowest BCUT2D eigenvalue weighted by molar-refractivity contribution is 0.0374. The van der Waals surface area contributed by atoms with E-state index >= 15 is 0 Å². The van der Waals surface area contributed by atoms with Crippen molar-refractivity contribution in [1.29, 1.82) is 0 Å². The Morgan fingerprint density at radius 3 is 2.62 bits per heavy atom. The molecule has 2 aromatic carbocycles. The Labute approximate surface area is 169 Å². The molecule has 0 aromatic heterocycles. The van der Waals surface area contributed by atoms with Crippen molar-refractivity contribution in [3.63, 3.8) is 0 Å². The van der Waals surface area contributed by atoms with E-state index < -0.39 is 0 Å². The van der Waals surface area contributed by atoms with Gasteiger partial charge in [-0.25, -0.2) is 0 Å². The van der Waals surface area contributed by atoms with Crippen LogP contribution in [0, 0.1) is 0 Å². The summed E-state index contributed by atoms with van der Waals surface area (Å²) in [6, 6.07) is 12.8. The summed E-state index contributed by atoms with van der Waals surface area (Å²) in [5, 5.41) is 6.15. The summed E-state index contributed by atoms with van der Waals surface area (Å²) in [5.41, 5.74) is 1.27. The molecule has 1 saturated heterocycles. The molecule has 0 saturated carbocycles. The highest BCUT2D eigenvalue weighted by Gasteiger charge is 2.10. The van der Waals surface area contributed by atoms with Crippen molar-refractivity contribution in [2.45, 2.75) is 19.9 Å². The highest BCUT2D eigenvalue weighted by Crippen LogP contribution is 2.28. The number of benzene rings is 2. The van der Waals surface area contributed by atoms with Gasteiger partial charge in [-0.05, 0) is 43.3 Å². The molecule has 1 heterocycles. The lowest BCUT2D eigenvalue weighted by Gasteiger charge is -2.26. The minimum Gasteiger partial charge on any atom is -0.494 e. The maximum absolute atomic E-state index is 5.84. The van der Waals surface area contributed by atoms with Crippen molar-refractivity contribution < 1.29 is 9.47 Å². The zero-order valence-electron chi connectivity index (χ0n) is 15.4. The van der Waals surface area contributed by atoms with Crippen molar-refractivity contribution in [2.24, 2.45) is 0 Å². The van der Waals surface area contributed by atoms with Crippen LogP contribution in [0.5, 0.6) is 5.75 Å². The van der Waals surface area contributed by atoms with Crippen molar-refractivity contribution in [1.82, 2.24) is 10.2 Å². The molecule has 4 nitrogen and oxygen atoms in total. The Kier molecular flexibility index (Phi) is 10.9. The van der Waals surface area contributed by atoms with Crippen LogP contribution in [0.25, 0.3) is 10.8 Å². The molecule has 0 aliphatic carbocycles. The predicted molar refractivity (Wildman–Crippen MR) is 113 cm³/mol. The van der Waals surface area contributed by atoms with Gasteiger partial charge in [0.2, 0.25) is 0 Å². The van der Waals surface area contributed by atoms with Gasteiger partial charge >= 0.3 is 0 Å². The molecule has 1 N–H and O–H groups in total. The van der Waals surface area contributed by atoms with E-state index in [4.69, 9.17) is 9.47 Å². The first kappa shape index (κ1) is 23.0. The summed E-state index contributed by atoms with van der Waals surface area (Å²) in [7, 11) is 0. The highest BCUT2D eigenvalue weighted by molar-refractivity contribution is 5.87. The second-order valence-electron chi connectivity index (χ2n) is 6.18. The van der Waals surface area contributed by atoms with Gasteiger partial charge in [0.1, 0.15) is 5.75 Å². The molecule has 0 amide bonds. The van der Waals surface area contributed by atoms with Crippen molar-refractivity contribution in [3.8, 4) is 5.75 Å². The molecule has 26 heavy (non-hydrogen) atoms. The van der Waals surface area contributed by atoms with Gasteiger partial charge in [0, 0.05) is 25.2 Å². The van der Waals surface area contributed by atoms with Gasteiger partial charge in [0.15, 0.2) is 0 Å². The third-order valence-electron chi connectivity index (χ3n) is 4.53. The van der Waals surface area contributed by atoms with Crippen LogP contribution < -0.4 is 10.1 Å². The second-order valence-corrected chi connectivity index (χ2v) is 6.18. The average Bonchev–Trinajstić information content (AvgIpc) is 2.64. The number of hydrogen-bond acceptors (Lipinski definition) is 4. The van der Waals surface area contributed by atoms with E-state index in [0.717, 1.165) is 58.1 Å². The summed E-state index contributed by atoms with van der Waals surface area (Å²) in [4.78, 5) is 2.48. The molecule has 1 fully saturated rings. The van der Waals surface area contributed by atoms with Crippen molar-refractivity contribution in [3.05, 3.63) is 42.0 Å². The third-order valence-corrected chi connectivity index (χ3v) is 4.53. The van der Waals surface area contributed by atoms with E-state index in [0.29, 0.717) is 6.61 Å². The van der Waals surface area contributed by atoms with E-state index in [9.17, 15) is 0 Å². The summed E-state index contributed by atoms with van der Waals surface area (Å²) in [5.74, 6) is 0.997. The van der Waals surface area contributed by atoms with Gasteiger partial charge < -0.3 is 14.8 Å². The van der Waals surface area contributed by atoms with Crippen LogP contribution in [0.15, 0.2) is 36.4 Å². The van der Waals surface area contributed by atoms with Crippen LogP contribution in [0.2, 0.25) is 0 Å². The minimum atomic E-state index is 0. The van der Waals surface area contributed by atoms with E-state index in [-0.39, 0.29) is 24.8 Å². The summed E-state index contributed by atoms with van der Waals surface area (Å²) >= 11 is 0. The number of fused-ring (bicyclic) bond motifs is 1. The van der Waals surface area contributed by atoms with Crippen LogP contribution in [0.4, 0.5) is 0 Å². The summed E-state index contributed by atoms with van der Waals surface area (Å²) < 4.78 is 11.2. The Bertz CT molecular complexity index is 649. The largest absolute Gasteiger partial charge is 0.494 e. The van der Waals surface area contributed by atoms with E-state index in [1.807, 2.05) is 6.92 Å².